The van der Waals surface area contributed by atoms with Crippen LogP contribution in [0.1, 0.15) is 26.4 Å². The van der Waals surface area contributed by atoms with Gasteiger partial charge in [-0.05, 0) is 30.3 Å². The zero-order valence-corrected chi connectivity index (χ0v) is 16.4. The van der Waals surface area contributed by atoms with Crippen LogP contribution < -0.4 is 5.73 Å². The first kappa shape index (κ1) is 20.0. The van der Waals surface area contributed by atoms with Crippen molar-refractivity contribution in [2.45, 2.75) is 9.92 Å². The third-order valence-electron chi connectivity index (χ3n) is 4.02. The Labute approximate surface area is 170 Å². The van der Waals surface area contributed by atoms with Crippen LogP contribution in [-0.2, 0) is 9.47 Å². The Kier molecular flexibility index (Phi) is 5.85. The number of esters is 2. The second-order valence-corrected chi connectivity index (χ2v) is 6.85. The van der Waals surface area contributed by atoms with Crippen molar-refractivity contribution >= 4 is 29.4 Å². The van der Waals surface area contributed by atoms with E-state index in [0.29, 0.717) is 16.3 Å². The number of nitriles is 1. The second kappa shape index (κ2) is 8.50. The van der Waals surface area contributed by atoms with Crippen molar-refractivity contribution in [1.82, 2.24) is 9.55 Å². The van der Waals surface area contributed by atoms with Crippen molar-refractivity contribution in [2.24, 2.45) is 0 Å². The molecule has 0 saturated carbocycles. The number of benzene rings is 1. The van der Waals surface area contributed by atoms with Gasteiger partial charge in [-0.3, -0.25) is 0 Å². The summed E-state index contributed by atoms with van der Waals surface area (Å²) < 4.78 is 11.0. The highest BCUT2D eigenvalue weighted by Gasteiger charge is 2.21. The third-order valence-corrected chi connectivity index (χ3v) is 4.94. The van der Waals surface area contributed by atoms with E-state index < -0.39 is 11.9 Å². The molecule has 3 rings (SSSR count). The van der Waals surface area contributed by atoms with Crippen LogP contribution in [0.2, 0.25) is 0 Å². The van der Waals surface area contributed by atoms with E-state index in [4.69, 9.17) is 15.2 Å². The molecule has 0 bridgehead atoms. The number of nitrogens with two attached hydrogens (primary N) is 1. The molecule has 2 N–H and O–H groups in total. The van der Waals surface area contributed by atoms with Gasteiger partial charge in [-0.1, -0.05) is 17.8 Å². The minimum absolute atomic E-state index is 0.0600. The summed E-state index contributed by atoms with van der Waals surface area (Å²) in [6.45, 7) is 0. The van der Waals surface area contributed by atoms with Gasteiger partial charge in [0.25, 0.3) is 0 Å². The van der Waals surface area contributed by atoms with Crippen molar-refractivity contribution in [1.29, 1.82) is 5.26 Å². The van der Waals surface area contributed by atoms with E-state index in [1.54, 1.807) is 24.3 Å². The largest absolute Gasteiger partial charge is 0.465 e. The maximum atomic E-state index is 12.2. The molecular weight excluding hydrogens is 392 g/mol. The molecule has 9 heteroatoms. The first-order valence-electron chi connectivity index (χ1n) is 8.30. The lowest BCUT2D eigenvalue weighted by Gasteiger charge is -2.10. The number of rotatable bonds is 5. The van der Waals surface area contributed by atoms with Crippen LogP contribution >= 0.6 is 11.8 Å². The van der Waals surface area contributed by atoms with E-state index in [9.17, 15) is 14.9 Å². The van der Waals surface area contributed by atoms with Crippen LogP contribution in [0.15, 0.2) is 58.7 Å². The number of hydrogen-bond acceptors (Lipinski definition) is 8. The van der Waals surface area contributed by atoms with Gasteiger partial charge in [0.15, 0.2) is 5.69 Å². The first-order valence-corrected chi connectivity index (χ1v) is 9.12. The number of anilines is 1. The van der Waals surface area contributed by atoms with Crippen molar-refractivity contribution in [3.8, 4) is 11.8 Å². The van der Waals surface area contributed by atoms with Crippen LogP contribution in [0, 0.1) is 11.3 Å². The fourth-order valence-electron chi connectivity index (χ4n) is 2.65. The Hall–Kier alpha value is -3.77. The number of methoxy groups -OCH3 is 2. The van der Waals surface area contributed by atoms with E-state index in [1.165, 1.54) is 42.9 Å². The molecule has 2 heterocycles. The van der Waals surface area contributed by atoms with Crippen LogP contribution in [0.25, 0.3) is 5.69 Å². The summed E-state index contributed by atoms with van der Waals surface area (Å²) in [6.07, 6.45) is 3.02. The number of nitrogens with zero attached hydrogens (tertiary/aromatic N) is 3. The van der Waals surface area contributed by atoms with Gasteiger partial charge in [-0.2, -0.15) is 5.26 Å². The smallest absolute Gasteiger partial charge is 0.357 e. The van der Waals surface area contributed by atoms with Crippen molar-refractivity contribution in [3.63, 3.8) is 0 Å². The van der Waals surface area contributed by atoms with Gasteiger partial charge in [0.1, 0.15) is 11.1 Å². The van der Waals surface area contributed by atoms with Gasteiger partial charge in [0.05, 0.1) is 31.0 Å². The summed E-state index contributed by atoms with van der Waals surface area (Å²) in [5, 5.41) is 9.85. The number of pyridine rings is 1. The standard InChI is InChI=1S/C20H16N4O4S/c1-27-19(25)12-6-7-23-16(8-12)29-15-5-3-4-14(9-15)24-11-13(10-21)17(22)18(24)20(26)28-2/h3-9,11H,22H2,1-2H3. The molecule has 0 radical (unpaired) electrons. The molecule has 2 aromatic heterocycles. The predicted molar refractivity (Wildman–Crippen MR) is 106 cm³/mol. The number of ether oxygens (including phenoxy) is 2. The van der Waals surface area contributed by atoms with E-state index in [0.717, 1.165) is 4.90 Å². The molecule has 0 spiro atoms. The number of hydrogen-bond donors (Lipinski definition) is 1. The maximum absolute atomic E-state index is 12.2. The molecule has 0 atom stereocenters. The molecule has 146 valence electrons. The molecule has 3 aromatic rings. The molecule has 0 aliphatic heterocycles. The first-order chi connectivity index (χ1) is 14.0. The molecule has 0 fully saturated rings. The van der Waals surface area contributed by atoms with Crippen molar-refractivity contribution < 1.29 is 19.1 Å². The Morgan fingerprint density at radius 2 is 1.93 bits per heavy atom. The Morgan fingerprint density at radius 3 is 2.62 bits per heavy atom. The lowest BCUT2D eigenvalue weighted by molar-refractivity contribution is 0.0587. The summed E-state index contributed by atoms with van der Waals surface area (Å²) >= 11 is 1.33. The van der Waals surface area contributed by atoms with Crippen LogP contribution in [0.5, 0.6) is 0 Å². The minimum atomic E-state index is -0.644. The van der Waals surface area contributed by atoms with Crippen LogP contribution in [0.4, 0.5) is 5.69 Å². The highest BCUT2D eigenvalue weighted by Crippen LogP contribution is 2.30. The van der Waals surface area contributed by atoms with E-state index in [1.807, 2.05) is 18.2 Å². The minimum Gasteiger partial charge on any atom is -0.465 e. The van der Waals surface area contributed by atoms with Gasteiger partial charge in [0.2, 0.25) is 0 Å². The summed E-state index contributed by atoms with van der Waals surface area (Å²) in [4.78, 5) is 28.9. The number of nitrogen functional groups attached to an aromatic ring is 1. The van der Waals surface area contributed by atoms with Gasteiger partial charge in [-0.15, -0.1) is 0 Å². The highest BCUT2D eigenvalue weighted by atomic mass is 32.2. The molecule has 29 heavy (non-hydrogen) atoms. The number of carbonyl (C=O) groups excluding carboxylic acids is 2. The zero-order valence-electron chi connectivity index (χ0n) is 15.6. The van der Waals surface area contributed by atoms with Crippen molar-refractivity contribution in [2.75, 3.05) is 20.0 Å². The SMILES string of the molecule is COC(=O)c1ccnc(Sc2cccc(-n3cc(C#N)c(N)c3C(=O)OC)c2)c1. The Morgan fingerprint density at radius 1 is 1.17 bits per heavy atom. The quantitative estimate of drug-likeness (QED) is 0.640. The van der Waals surface area contributed by atoms with Gasteiger partial charge < -0.3 is 19.8 Å². The molecule has 0 aliphatic carbocycles. The number of aromatic nitrogens is 2. The highest BCUT2D eigenvalue weighted by molar-refractivity contribution is 7.99. The fourth-order valence-corrected chi connectivity index (χ4v) is 3.51. The van der Waals surface area contributed by atoms with Crippen LogP contribution in [-0.4, -0.2) is 35.7 Å². The van der Waals surface area contributed by atoms with E-state index in [-0.39, 0.29) is 16.9 Å². The molecule has 0 unspecified atom stereocenters. The maximum Gasteiger partial charge on any atom is 0.357 e. The van der Waals surface area contributed by atoms with Crippen LogP contribution in [0.3, 0.4) is 0 Å². The average molecular weight is 408 g/mol. The fraction of sp³-hybridized carbons (Fsp3) is 0.100. The van der Waals surface area contributed by atoms with Gasteiger partial charge in [-0.25, -0.2) is 14.6 Å². The lowest BCUT2D eigenvalue weighted by atomic mass is 10.2. The lowest BCUT2D eigenvalue weighted by Crippen LogP contribution is -2.11. The van der Waals surface area contributed by atoms with E-state index in [2.05, 4.69) is 4.98 Å². The topological polar surface area (TPSA) is 120 Å². The monoisotopic (exact) mass is 408 g/mol. The van der Waals surface area contributed by atoms with E-state index >= 15 is 0 Å². The summed E-state index contributed by atoms with van der Waals surface area (Å²) in [7, 11) is 2.56. The Bertz CT molecular complexity index is 1130. The molecule has 0 saturated heterocycles. The molecule has 8 nitrogen and oxygen atoms in total. The molecule has 0 aliphatic rings. The molecule has 1 aromatic carbocycles. The predicted octanol–water partition coefficient (Wildman–Crippen LogP) is 3.05. The Balaban J connectivity index is 1.99. The average Bonchev–Trinajstić information content (AvgIpc) is 3.09. The zero-order chi connectivity index (χ0) is 21.0. The van der Waals surface area contributed by atoms with Crippen molar-refractivity contribution in [3.05, 3.63) is 65.6 Å². The molecule has 0 amide bonds. The third kappa shape index (κ3) is 4.07. The normalized spacial score (nSPS) is 10.2. The second-order valence-electron chi connectivity index (χ2n) is 5.75. The van der Waals surface area contributed by atoms with Gasteiger partial charge in [0, 0.05) is 23.0 Å². The summed E-state index contributed by atoms with van der Waals surface area (Å²) in [5.41, 5.74) is 7.28. The summed E-state index contributed by atoms with van der Waals surface area (Å²) in [5.74, 6) is -1.09. The number of carbonyl (C=O) groups is 2. The van der Waals surface area contributed by atoms with Gasteiger partial charge >= 0.3 is 11.9 Å². The summed E-state index contributed by atoms with van der Waals surface area (Å²) in [6, 6.07) is 12.4. The molecular formula is C20H16N4O4S.